The molecule has 1 heterocycles. The van der Waals surface area contributed by atoms with E-state index in [0.717, 1.165) is 42.9 Å². The molecule has 0 spiro atoms. The number of carbonyl (C=O) groups excluding carboxylic acids is 2. The van der Waals surface area contributed by atoms with Crippen LogP contribution in [0.4, 0.5) is 13.2 Å². The molecule has 0 aliphatic carbocycles. The quantitative estimate of drug-likeness (QED) is 0.105. The monoisotopic (exact) mass is 639 g/mol. The molecule has 0 N–H and O–H groups in total. The van der Waals surface area contributed by atoms with Gasteiger partial charge in [0.05, 0.1) is 50.6 Å². The molecule has 3 aromatic rings. The van der Waals surface area contributed by atoms with Gasteiger partial charge in [0.15, 0.2) is 0 Å². The van der Waals surface area contributed by atoms with E-state index in [0.29, 0.717) is 51.0 Å². The highest BCUT2D eigenvalue weighted by atomic mass is 19.4. The van der Waals surface area contributed by atoms with Crippen LogP contribution in [0.5, 0.6) is 0 Å². The predicted molar refractivity (Wildman–Crippen MR) is 170 cm³/mol. The van der Waals surface area contributed by atoms with Gasteiger partial charge in [-0.2, -0.15) is 13.2 Å². The summed E-state index contributed by atoms with van der Waals surface area (Å²) in [5, 5.41) is 0. The number of likely N-dealkylation sites (tertiary alicyclic amines) is 1. The molecule has 0 unspecified atom stereocenters. The molecule has 1 aliphatic heterocycles. The number of ether oxygens (including phenoxy) is 3. The molecule has 248 valence electrons. The lowest BCUT2D eigenvalue weighted by molar-refractivity contribution is -0.141. The highest BCUT2D eigenvalue weighted by molar-refractivity contribution is 5.79. The zero-order chi connectivity index (χ0) is 32.8. The number of esters is 1. The summed E-state index contributed by atoms with van der Waals surface area (Å²) in [6.07, 6.45) is 0.283. The molecule has 1 saturated heterocycles. The van der Waals surface area contributed by atoms with Crippen molar-refractivity contribution in [3.05, 3.63) is 107 Å². The van der Waals surface area contributed by atoms with Gasteiger partial charge in [-0.25, -0.2) is 0 Å². The van der Waals surface area contributed by atoms with E-state index >= 15 is 0 Å². The number of benzene rings is 3. The molecule has 0 radical (unpaired) electrons. The van der Waals surface area contributed by atoms with Crippen LogP contribution in [0.25, 0.3) is 0 Å². The molecule has 3 atom stereocenters. The number of halogens is 3. The molecule has 1 aliphatic rings. The van der Waals surface area contributed by atoms with Gasteiger partial charge in [-0.05, 0) is 54.9 Å². The fourth-order valence-electron chi connectivity index (χ4n) is 5.92. The molecule has 3 aromatic carbocycles. The van der Waals surface area contributed by atoms with E-state index in [1.165, 1.54) is 19.2 Å². The molecule has 9 heteroatoms. The van der Waals surface area contributed by atoms with Gasteiger partial charge in [-0.1, -0.05) is 91.7 Å². The lowest BCUT2D eigenvalue weighted by Gasteiger charge is -2.30. The highest BCUT2D eigenvalue weighted by Crippen LogP contribution is 2.32. The molecule has 0 bridgehead atoms. The van der Waals surface area contributed by atoms with Crippen LogP contribution < -0.4 is 0 Å². The first-order valence-electron chi connectivity index (χ1n) is 16.1. The van der Waals surface area contributed by atoms with Crippen molar-refractivity contribution >= 4 is 11.9 Å². The van der Waals surface area contributed by atoms with Crippen LogP contribution in [0.1, 0.15) is 73.6 Å². The smallest absolute Gasteiger partial charge is 0.416 e. The van der Waals surface area contributed by atoms with Crippen molar-refractivity contribution in [3.63, 3.8) is 0 Å². The van der Waals surface area contributed by atoms with Gasteiger partial charge in [0.25, 0.3) is 0 Å². The Morgan fingerprint density at radius 1 is 0.870 bits per heavy atom. The lowest BCUT2D eigenvalue weighted by atomic mass is 9.97. The number of unbranched alkanes of at least 4 members (excludes halogenated alkanes) is 3. The third-order valence-corrected chi connectivity index (χ3v) is 8.42. The van der Waals surface area contributed by atoms with Gasteiger partial charge < -0.3 is 19.1 Å². The summed E-state index contributed by atoms with van der Waals surface area (Å²) in [7, 11) is 1.38. The zero-order valence-electron chi connectivity index (χ0n) is 26.4. The summed E-state index contributed by atoms with van der Waals surface area (Å²) in [6.45, 7) is 1.29. The molecule has 1 fully saturated rings. The average molecular weight is 640 g/mol. The van der Waals surface area contributed by atoms with Crippen molar-refractivity contribution in [2.24, 2.45) is 0 Å². The number of alkyl halides is 3. The van der Waals surface area contributed by atoms with Crippen LogP contribution in [-0.4, -0.2) is 48.7 Å². The number of hydrogen-bond acceptors (Lipinski definition) is 5. The Hall–Kier alpha value is -3.69. The maximum absolute atomic E-state index is 13.5. The van der Waals surface area contributed by atoms with Crippen LogP contribution >= 0.6 is 0 Å². The number of amides is 1. The Kier molecular flexibility index (Phi) is 13.7. The second-order valence-electron chi connectivity index (χ2n) is 11.8. The fraction of sp³-hybridized carbons (Fsp3) is 0.459. The van der Waals surface area contributed by atoms with E-state index in [4.69, 9.17) is 14.2 Å². The number of carbonyl (C=O) groups is 2. The molecule has 0 aromatic heterocycles. The second-order valence-corrected chi connectivity index (χ2v) is 11.8. The summed E-state index contributed by atoms with van der Waals surface area (Å²) < 4.78 is 57.8. The third kappa shape index (κ3) is 11.3. The Morgan fingerprint density at radius 3 is 2.20 bits per heavy atom. The van der Waals surface area contributed by atoms with Crippen LogP contribution in [0.15, 0.2) is 84.9 Å². The number of nitrogens with zero attached hydrogens (tertiary/aromatic N) is 1. The number of methoxy groups -OCH3 is 1. The Labute approximate surface area is 269 Å². The molecule has 1 amide bonds. The van der Waals surface area contributed by atoms with Crippen molar-refractivity contribution < 1.29 is 37.0 Å². The zero-order valence-corrected chi connectivity index (χ0v) is 26.4. The van der Waals surface area contributed by atoms with Crippen LogP contribution in [0.2, 0.25) is 0 Å². The second kappa shape index (κ2) is 17.9. The van der Waals surface area contributed by atoms with Crippen LogP contribution in [-0.2, 0) is 49.6 Å². The van der Waals surface area contributed by atoms with Crippen molar-refractivity contribution in [3.8, 4) is 0 Å². The van der Waals surface area contributed by atoms with Crippen LogP contribution in [0.3, 0.4) is 0 Å². The van der Waals surface area contributed by atoms with Gasteiger partial charge in [0.2, 0.25) is 5.91 Å². The molecular formula is C37H44F3NO5. The topological polar surface area (TPSA) is 65.1 Å². The Balaban J connectivity index is 1.45. The summed E-state index contributed by atoms with van der Waals surface area (Å²) in [5.74, 6) is -0.181. The molecule has 4 rings (SSSR count). The largest absolute Gasteiger partial charge is 0.469 e. The minimum absolute atomic E-state index is 0.0391. The normalized spacial score (nSPS) is 17.3. The van der Waals surface area contributed by atoms with Crippen molar-refractivity contribution in [1.82, 2.24) is 4.90 Å². The van der Waals surface area contributed by atoms with E-state index in [1.807, 2.05) is 65.6 Å². The van der Waals surface area contributed by atoms with E-state index in [-0.39, 0.29) is 36.5 Å². The van der Waals surface area contributed by atoms with Gasteiger partial charge >= 0.3 is 12.1 Å². The average Bonchev–Trinajstić information content (AvgIpc) is 3.36. The number of hydrogen-bond donors (Lipinski definition) is 0. The minimum atomic E-state index is -4.43. The van der Waals surface area contributed by atoms with E-state index < -0.39 is 11.7 Å². The molecule has 0 saturated carbocycles. The van der Waals surface area contributed by atoms with Crippen molar-refractivity contribution in [2.75, 3.05) is 13.7 Å². The van der Waals surface area contributed by atoms with Gasteiger partial charge in [-0.15, -0.1) is 0 Å². The van der Waals surface area contributed by atoms with E-state index in [1.54, 1.807) is 6.07 Å². The fourth-order valence-corrected chi connectivity index (χ4v) is 5.92. The van der Waals surface area contributed by atoms with E-state index in [9.17, 15) is 22.8 Å². The van der Waals surface area contributed by atoms with Gasteiger partial charge in [0, 0.05) is 13.0 Å². The summed E-state index contributed by atoms with van der Waals surface area (Å²) in [5.41, 5.74) is 1.87. The van der Waals surface area contributed by atoms with Crippen LogP contribution in [0, 0.1) is 0 Å². The Morgan fingerprint density at radius 2 is 1.52 bits per heavy atom. The first-order valence-corrected chi connectivity index (χ1v) is 16.1. The first kappa shape index (κ1) is 35.2. The maximum Gasteiger partial charge on any atom is 0.416 e. The van der Waals surface area contributed by atoms with Gasteiger partial charge in [-0.3, -0.25) is 9.59 Å². The highest BCUT2D eigenvalue weighted by Gasteiger charge is 2.40. The summed E-state index contributed by atoms with van der Waals surface area (Å²) in [4.78, 5) is 26.6. The molecule has 46 heavy (non-hydrogen) atoms. The summed E-state index contributed by atoms with van der Waals surface area (Å²) >= 11 is 0. The van der Waals surface area contributed by atoms with Crippen molar-refractivity contribution in [2.45, 2.75) is 95.4 Å². The predicted octanol–water partition coefficient (Wildman–Crippen LogP) is 7.92. The molecule has 6 nitrogen and oxygen atoms in total. The standard InChI is InChI=1S/C37H44F3NO5/c1-44-36(43)19-10-2-3-11-22-41-33(34(25-35(41)42)46-27-29-15-8-5-9-16-29)21-20-32(45-26-28-13-6-4-7-14-28)24-30-17-12-18-31(23-30)37(38,39)40/h4-9,12-18,23,32-34H,2-3,10-11,19-22,24-27H2,1H3/t32-,33+,34-/m1/s1. The van der Waals surface area contributed by atoms with Gasteiger partial charge in [0.1, 0.15) is 0 Å². The number of rotatable bonds is 18. The van der Waals surface area contributed by atoms with E-state index in [2.05, 4.69) is 0 Å². The first-order chi connectivity index (χ1) is 22.2. The minimum Gasteiger partial charge on any atom is -0.469 e. The molecular weight excluding hydrogens is 595 g/mol. The van der Waals surface area contributed by atoms with Crippen molar-refractivity contribution in [1.29, 1.82) is 0 Å². The lowest BCUT2D eigenvalue weighted by Crippen LogP contribution is -2.39. The Bertz CT molecular complexity index is 1350. The maximum atomic E-state index is 13.5. The third-order valence-electron chi connectivity index (χ3n) is 8.42. The summed E-state index contributed by atoms with van der Waals surface area (Å²) in [6, 6.07) is 24.7. The SMILES string of the molecule is COC(=O)CCCCCCN1C(=O)C[C@@H](OCc2ccccc2)[C@@H]1CC[C@H](Cc1cccc(C(F)(F)F)c1)OCc1ccccc1.